The fourth-order valence-corrected chi connectivity index (χ4v) is 2.11. The zero-order chi connectivity index (χ0) is 15.6. The molecule has 0 atom stereocenters. The van der Waals surface area contributed by atoms with E-state index in [4.69, 9.17) is 34.7 Å². The maximum absolute atomic E-state index is 12.2. The quantitative estimate of drug-likeness (QED) is 0.757. The molecule has 2 aromatic rings. The van der Waals surface area contributed by atoms with Crippen LogP contribution in [0.1, 0.15) is 20.7 Å². The summed E-state index contributed by atoms with van der Waals surface area (Å²) in [7, 11) is 0. The fraction of sp³-hybridized carbons (Fsp3) is 0. The van der Waals surface area contributed by atoms with E-state index in [-0.39, 0.29) is 15.6 Å². The van der Waals surface area contributed by atoms with Gasteiger partial charge in [0, 0.05) is 16.9 Å². The van der Waals surface area contributed by atoms with Gasteiger partial charge in [0.15, 0.2) is 0 Å². The molecule has 0 fully saturated rings. The van der Waals surface area contributed by atoms with E-state index < -0.39 is 11.8 Å². The number of amides is 2. The van der Waals surface area contributed by atoms with Gasteiger partial charge in [-0.05, 0) is 36.4 Å². The van der Waals surface area contributed by atoms with Crippen LogP contribution < -0.4 is 16.8 Å². The van der Waals surface area contributed by atoms with Crippen molar-refractivity contribution < 1.29 is 9.59 Å². The van der Waals surface area contributed by atoms with E-state index in [9.17, 15) is 9.59 Å². The second-order valence-corrected chi connectivity index (χ2v) is 5.05. The highest BCUT2D eigenvalue weighted by atomic mass is 35.5. The third kappa shape index (κ3) is 3.45. The largest absolute Gasteiger partial charge is 0.399 e. The van der Waals surface area contributed by atoms with E-state index in [0.717, 1.165) is 0 Å². The normalized spacial score (nSPS) is 10.2. The van der Waals surface area contributed by atoms with Gasteiger partial charge in [-0.25, -0.2) is 0 Å². The van der Waals surface area contributed by atoms with Gasteiger partial charge in [-0.2, -0.15) is 0 Å². The Labute approximate surface area is 130 Å². The summed E-state index contributed by atoms with van der Waals surface area (Å²) in [4.78, 5) is 23.1. The monoisotopic (exact) mass is 323 g/mol. The zero-order valence-electron chi connectivity index (χ0n) is 10.7. The van der Waals surface area contributed by atoms with E-state index in [1.165, 1.54) is 24.3 Å². The van der Waals surface area contributed by atoms with Crippen molar-refractivity contribution in [1.82, 2.24) is 0 Å². The van der Waals surface area contributed by atoms with E-state index in [2.05, 4.69) is 5.32 Å². The third-order valence-electron chi connectivity index (χ3n) is 2.72. The van der Waals surface area contributed by atoms with Gasteiger partial charge >= 0.3 is 0 Å². The van der Waals surface area contributed by atoms with Gasteiger partial charge in [-0.1, -0.05) is 23.2 Å². The molecule has 0 saturated carbocycles. The Hall–Kier alpha value is -2.24. The zero-order valence-corrected chi connectivity index (χ0v) is 12.2. The number of primary amides is 1. The summed E-state index contributed by atoms with van der Waals surface area (Å²) in [5.41, 5.74) is 12.1. The standard InChI is InChI=1S/C14H11Cl2N3O2/c15-11-6-8(17)5-10(12(11)16)14(21)19-9-3-1-7(2-4-9)13(18)20/h1-6H,17H2,(H2,18,20)(H,19,21). The van der Waals surface area contributed by atoms with Crippen molar-refractivity contribution in [1.29, 1.82) is 0 Å². The number of rotatable bonds is 3. The second-order valence-electron chi connectivity index (χ2n) is 4.26. The van der Waals surface area contributed by atoms with Gasteiger partial charge < -0.3 is 16.8 Å². The first-order chi connectivity index (χ1) is 9.88. The first-order valence-electron chi connectivity index (χ1n) is 5.84. The SMILES string of the molecule is NC(=O)c1ccc(NC(=O)c2cc(N)cc(Cl)c2Cl)cc1. The molecule has 5 nitrogen and oxygen atoms in total. The third-order valence-corrected chi connectivity index (χ3v) is 3.52. The number of benzene rings is 2. The maximum Gasteiger partial charge on any atom is 0.257 e. The fourth-order valence-electron chi connectivity index (χ4n) is 1.69. The Balaban J connectivity index is 2.24. The second kappa shape index (κ2) is 6.03. The minimum atomic E-state index is -0.543. The number of nitrogens with two attached hydrogens (primary N) is 2. The molecule has 0 aromatic heterocycles. The molecular formula is C14H11Cl2N3O2. The van der Waals surface area contributed by atoms with E-state index in [1.54, 1.807) is 12.1 Å². The Morgan fingerprint density at radius 1 is 1.05 bits per heavy atom. The lowest BCUT2D eigenvalue weighted by Gasteiger charge is -2.09. The molecule has 0 spiro atoms. The molecule has 108 valence electrons. The molecule has 0 aliphatic rings. The lowest BCUT2D eigenvalue weighted by Crippen LogP contribution is -2.14. The van der Waals surface area contributed by atoms with Gasteiger partial charge in [0.1, 0.15) is 0 Å². The maximum atomic E-state index is 12.2. The van der Waals surface area contributed by atoms with Crippen LogP contribution in [0.2, 0.25) is 10.0 Å². The van der Waals surface area contributed by atoms with Crippen molar-refractivity contribution >= 4 is 46.4 Å². The van der Waals surface area contributed by atoms with Crippen molar-refractivity contribution in [2.24, 2.45) is 5.73 Å². The van der Waals surface area contributed by atoms with Crippen molar-refractivity contribution in [3.8, 4) is 0 Å². The smallest absolute Gasteiger partial charge is 0.257 e. The summed E-state index contributed by atoms with van der Waals surface area (Å²) < 4.78 is 0. The van der Waals surface area contributed by atoms with E-state index >= 15 is 0 Å². The van der Waals surface area contributed by atoms with Gasteiger partial charge in [-0.15, -0.1) is 0 Å². The molecule has 0 heterocycles. The minimum Gasteiger partial charge on any atom is -0.399 e. The first-order valence-corrected chi connectivity index (χ1v) is 6.60. The molecule has 0 unspecified atom stereocenters. The molecule has 0 aliphatic heterocycles. The van der Waals surface area contributed by atoms with Crippen LogP contribution in [0.4, 0.5) is 11.4 Å². The minimum absolute atomic E-state index is 0.122. The number of anilines is 2. The van der Waals surface area contributed by atoms with Crippen LogP contribution in [0.5, 0.6) is 0 Å². The summed E-state index contributed by atoms with van der Waals surface area (Å²) >= 11 is 11.9. The number of carbonyl (C=O) groups is 2. The van der Waals surface area contributed by atoms with E-state index in [1.807, 2.05) is 0 Å². The highest BCUT2D eigenvalue weighted by molar-refractivity contribution is 6.44. The molecule has 0 bridgehead atoms. The molecule has 5 N–H and O–H groups in total. The van der Waals surface area contributed by atoms with Crippen molar-refractivity contribution in [3.05, 3.63) is 57.6 Å². The van der Waals surface area contributed by atoms with Gasteiger partial charge in [0.25, 0.3) is 5.91 Å². The summed E-state index contributed by atoms with van der Waals surface area (Å²) in [6.07, 6.45) is 0. The van der Waals surface area contributed by atoms with Crippen LogP contribution in [0.25, 0.3) is 0 Å². The molecule has 2 rings (SSSR count). The summed E-state index contributed by atoms with van der Waals surface area (Å²) in [6.45, 7) is 0. The van der Waals surface area contributed by atoms with Crippen molar-refractivity contribution in [3.63, 3.8) is 0 Å². The molecule has 0 saturated heterocycles. The van der Waals surface area contributed by atoms with Crippen LogP contribution in [0.15, 0.2) is 36.4 Å². The highest BCUT2D eigenvalue weighted by Crippen LogP contribution is 2.29. The number of halogens is 2. The molecule has 21 heavy (non-hydrogen) atoms. The molecule has 2 aromatic carbocycles. The Morgan fingerprint density at radius 3 is 2.24 bits per heavy atom. The highest BCUT2D eigenvalue weighted by Gasteiger charge is 2.14. The summed E-state index contributed by atoms with van der Waals surface area (Å²) in [5, 5.41) is 2.95. The molecule has 0 aliphatic carbocycles. The van der Waals surface area contributed by atoms with Gasteiger partial charge in [0.2, 0.25) is 5.91 Å². The molecule has 2 amide bonds. The Kier molecular flexibility index (Phi) is 4.35. The Bertz CT molecular complexity index is 715. The number of nitrogens with one attached hydrogen (secondary N) is 1. The average molecular weight is 324 g/mol. The van der Waals surface area contributed by atoms with Crippen LogP contribution in [0.3, 0.4) is 0 Å². The first kappa shape index (κ1) is 15.2. The lowest BCUT2D eigenvalue weighted by molar-refractivity contribution is 0.0998. The lowest BCUT2D eigenvalue weighted by atomic mass is 10.1. The summed E-state index contributed by atoms with van der Waals surface area (Å²) in [6, 6.07) is 9.01. The molecule has 0 radical (unpaired) electrons. The predicted molar refractivity (Wildman–Crippen MR) is 83.8 cm³/mol. The van der Waals surface area contributed by atoms with Crippen LogP contribution in [-0.2, 0) is 0 Å². The summed E-state index contributed by atoms with van der Waals surface area (Å²) in [5.74, 6) is -1.00. The van der Waals surface area contributed by atoms with E-state index in [0.29, 0.717) is 16.9 Å². The molecular weight excluding hydrogens is 313 g/mol. The van der Waals surface area contributed by atoms with Crippen LogP contribution in [0, 0.1) is 0 Å². The number of hydrogen-bond donors (Lipinski definition) is 3. The van der Waals surface area contributed by atoms with Crippen LogP contribution >= 0.6 is 23.2 Å². The Morgan fingerprint density at radius 2 is 1.67 bits per heavy atom. The number of carbonyl (C=O) groups excluding carboxylic acids is 2. The van der Waals surface area contributed by atoms with Gasteiger partial charge in [-0.3, -0.25) is 9.59 Å². The van der Waals surface area contributed by atoms with Crippen molar-refractivity contribution in [2.75, 3.05) is 11.1 Å². The van der Waals surface area contributed by atoms with Crippen LogP contribution in [-0.4, -0.2) is 11.8 Å². The number of nitrogen functional groups attached to an aromatic ring is 1. The number of hydrogen-bond acceptors (Lipinski definition) is 3. The predicted octanol–water partition coefficient (Wildman–Crippen LogP) is 2.93. The topological polar surface area (TPSA) is 98.2 Å². The van der Waals surface area contributed by atoms with Gasteiger partial charge in [0.05, 0.1) is 15.6 Å². The van der Waals surface area contributed by atoms with Crippen molar-refractivity contribution in [2.45, 2.75) is 0 Å². The average Bonchev–Trinajstić information content (AvgIpc) is 2.43. The molecule has 7 heteroatoms.